The Labute approximate surface area is 233 Å². The van der Waals surface area contributed by atoms with Crippen LogP contribution in [0.3, 0.4) is 0 Å². The monoisotopic (exact) mass is 619 g/mol. The Bertz CT molecular complexity index is 1580. The van der Waals surface area contributed by atoms with Gasteiger partial charge in [0.15, 0.2) is 0 Å². The van der Waals surface area contributed by atoms with Crippen molar-refractivity contribution in [3.05, 3.63) is 140 Å². The maximum atomic E-state index is 14.0. The van der Waals surface area contributed by atoms with Gasteiger partial charge in [0, 0.05) is 9.15 Å². The van der Waals surface area contributed by atoms with Gasteiger partial charge in [-0.15, -0.1) is 0 Å². The van der Waals surface area contributed by atoms with Gasteiger partial charge in [0.25, 0.3) is 0 Å². The number of aryl methyl sites for hydroxylation is 1. The lowest BCUT2D eigenvalue weighted by Crippen LogP contribution is -2.46. The second-order valence-corrected chi connectivity index (χ2v) is 13.4. The fourth-order valence-corrected chi connectivity index (χ4v) is 7.85. The third-order valence-corrected chi connectivity index (χ3v) is 9.83. The van der Waals surface area contributed by atoms with Crippen molar-refractivity contribution in [1.82, 2.24) is 4.72 Å². The van der Waals surface area contributed by atoms with E-state index in [9.17, 15) is 8.42 Å². The number of nitrogens with one attached hydrogen (secondary N) is 1. The molecule has 0 amide bonds. The van der Waals surface area contributed by atoms with Gasteiger partial charge in [-0.05, 0) is 74.9 Å². The highest BCUT2D eigenvalue weighted by Crippen LogP contribution is 2.54. The predicted molar refractivity (Wildman–Crippen MR) is 160 cm³/mol. The molecule has 1 N–H and O–H groups in total. The molecule has 37 heavy (non-hydrogen) atoms. The van der Waals surface area contributed by atoms with Gasteiger partial charge < -0.3 is 0 Å². The van der Waals surface area contributed by atoms with Crippen LogP contribution in [0.5, 0.6) is 0 Å². The second-order valence-electron chi connectivity index (χ2n) is 10.6. The third kappa shape index (κ3) is 4.58. The van der Waals surface area contributed by atoms with Gasteiger partial charge in [-0.2, -0.15) is 4.72 Å². The smallest absolute Gasteiger partial charge is 0.207 e. The first-order chi connectivity index (χ1) is 17.5. The number of halogens is 1. The predicted octanol–water partition coefficient (Wildman–Crippen LogP) is 7.72. The summed E-state index contributed by atoms with van der Waals surface area (Å²) in [4.78, 5) is 0.249. The Morgan fingerprint density at radius 3 is 1.97 bits per heavy atom. The molecule has 0 aromatic heterocycles. The summed E-state index contributed by atoms with van der Waals surface area (Å²) < 4.78 is 32.1. The van der Waals surface area contributed by atoms with E-state index in [2.05, 4.69) is 90.5 Å². The number of benzene rings is 4. The maximum Gasteiger partial charge on any atom is 0.241 e. The summed E-state index contributed by atoms with van der Waals surface area (Å²) in [5.74, 6) is 0. The first-order valence-corrected chi connectivity index (χ1v) is 14.9. The first-order valence-electron chi connectivity index (χ1n) is 12.3. The Hall–Kier alpha value is -2.74. The zero-order chi connectivity index (χ0) is 26.4. The van der Waals surface area contributed by atoms with Gasteiger partial charge in [-0.3, -0.25) is 0 Å². The van der Waals surface area contributed by atoms with Crippen molar-refractivity contribution in [2.24, 2.45) is 0 Å². The average molecular weight is 620 g/mol. The Morgan fingerprint density at radius 2 is 1.35 bits per heavy atom. The van der Waals surface area contributed by atoms with Gasteiger partial charge in [-0.1, -0.05) is 117 Å². The van der Waals surface area contributed by atoms with Gasteiger partial charge in [-0.25, -0.2) is 8.42 Å². The van der Waals surface area contributed by atoms with Crippen LogP contribution < -0.4 is 4.72 Å². The Morgan fingerprint density at radius 1 is 0.757 bits per heavy atom. The molecule has 0 spiro atoms. The number of fused-ring (bicyclic) bond motifs is 1. The van der Waals surface area contributed by atoms with Crippen LogP contribution >= 0.6 is 22.6 Å². The summed E-state index contributed by atoms with van der Waals surface area (Å²) in [6.45, 7) is 8.49. The van der Waals surface area contributed by atoms with E-state index in [1.165, 1.54) is 5.56 Å². The van der Waals surface area contributed by atoms with E-state index < -0.39 is 15.6 Å². The van der Waals surface area contributed by atoms with Gasteiger partial charge >= 0.3 is 0 Å². The normalized spacial score (nSPS) is 17.6. The first kappa shape index (κ1) is 25.9. The lowest BCUT2D eigenvalue weighted by atomic mass is 9.82. The van der Waals surface area contributed by atoms with Crippen molar-refractivity contribution >= 4 is 38.2 Å². The summed E-state index contributed by atoms with van der Waals surface area (Å²) in [5.41, 5.74) is 6.08. The van der Waals surface area contributed by atoms with E-state index in [1.54, 1.807) is 12.1 Å². The summed E-state index contributed by atoms with van der Waals surface area (Å²) in [5, 5.41) is 0. The average Bonchev–Trinajstić information content (AvgIpc) is 3.12. The lowest BCUT2D eigenvalue weighted by molar-refractivity contribution is 0.538. The van der Waals surface area contributed by atoms with Crippen LogP contribution in [0.4, 0.5) is 0 Å². The van der Waals surface area contributed by atoms with Crippen LogP contribution in [0.25, 0.3) is 5.57 Å². The largest absolute Gasteiger partial charge is 0.241 e. The van der Waals surface area contributed by atoms with Gasteiger partial charge in [0.05, 0.1) is 4.90 Å². The molecule has 0 bridgehead atoms. The molecule has 0 radical (unpaired) electrons. The molecule has 1 atom stereocenters. The number of sulfonamides is 1. The molecule has 0 saturated carbocycles. The van der Waals surface area contributed by atoms with E-state index in [0.717, 1.165) is 37.0 Å². The van der Waals surface area contributed by atoms with E-state index in [-0.39, 0.29) is 10.3 Å². The molecule has 5 rings (SSSR count). The molecule has 0 saturated heterocycles. The molecule has 188 valence electrons. The highest BCUT2D eigenvalue weighted by molar-refractivity contribution is 14.1. The second kappa shape index (κ2) is 9.53. The molecular weight excluding hydrogens is 589 g/mol. The molecular formula is C32H30INO2S. The summed E-state index contributed by atoms with van der Waals surface area (Å²) in [6.07, 6.45) is 0. The van der Waals surface area contributed by atoms with E-state index in [0.29, 0.717) is 0 Å². The van der Waals surface area contributed by atoms with Crippen LogP contribution in [-0.2, 0) is 21.0 Å². The summed E-state index contributed by atoms with van der Waals surface area (Å²) >= 11 is 2.35. The summed E-state index contributed by atoms with van der Waals surface area (Å²) in [7, 11) is -3.88. The zero-order valence-electron chi connectivity index (χ0n) is 21.4. The van der Waals surface area contributed by atoms with E-state index >= 15 is 0 Å². The van der Waals surface area contributed by atoms with Crippen molar-refractivity contribution in [3.8, 4) is 0 Å². The van der Waals surface area contributed by atoms with Crippen LogP contribution in [-0.4, -0.2) is 8.42 Å². The van der Waals surface area contributed by atoms with Crippen molar-refractivity contribution < 1.29 is 8.42 Å². The van der Waals surface area contributed by atoms with Gasteiger partial charge in [0.1, 0.15) is 5.54 Å². The van der Waals surface area contributed by atoms with E-state index in [4.69, 9.17) is 0 Å². The number of hydrogen-bond donors (Lipinski definition) is 1. The molecule has 0 aliphatic heterocycles. The SMILES string of the molecule is Cc1ccc(S(=O)(=O)NC2(c3ccc(C(C)(C)C)cc3)C(I)=C(c3ccccc3)c3ccccc32)cc1. The quantitative estimate of drug-likeness (QED) is 0.233. The van der Waals surface area contributed by atoms with Crippen molar-refractivity contribution in [3.63, 3.8) is 0 Å². The van der Waals surface area contributed by atoms with Crippen molar-refractivity contribution in [1.29, 1.82) is 0 Å². The lowest BCUT2D eigenvalue weighted by Gasteiger charge is -2.34. The highest BCUT2D eigenvalue weighted by atomic mass is 127. The van der Waals surface area contributed by atoms with Crippen molar-refractivity contribution in [2.75, 3.05) is 0 Å². The van der Waals surface area contributed by atoms with E-state index in [1.807, 2.05) is 55.5 Å². The zero-order valence-corrected chi connectivity index (χ0v) is 24.4. The molecule has 1 aliphatic carbocycles. The van der Waals surface area contributed by atoms with Crippen LogP contribution in [0.2, 0.25) is 0 Å². The van der Waals surface area contributed by atoms with Crippen molar-refractivity contribution in [2.45, 2.75) is 43.5 Å². The van der Waals surface area contributed by atoms with Crippen LogP contribution in [0, 0.1) is 6.92 Å². The Balaban J connectivity index is 1.80. The maximum absolute atomic E-state index is 14.0. The minimum absolute atomic E-state index is 0.0150. The third-order valence-electron chi connectivity index (χ3n) is 7.01. The van der Waals surface area contributed by atoms with Crippen LogP contribution in [0.15, 0.2) is 112 Å². The minimum atomic E-state index is -3.88. The van der Waals surface area contributed by atoms with Gasteiger partial charge in [0.2, 0.25) is 10.0 Å². The molecule has 0 fully saturated rings. The highest BCUT2D eigenvalue weighted by Gasteiger charge is 2.48. The molecule has 0 heterocycles. The standard InChI is InChI=1S/C32H30INO2S/c1-22-14-20-26(21-15-22)37(35,36)34-32(25-18-16-24(17-19-25)31(2,3)4)28-13-9-8-12-27(28)29(30(32)33)23-10-6-5-7-11-23/h5-21,34H,1-4H3. The number of hydrogen-bond acceptors (Lipinski definition) is 2. The fourth-order valence-electron chi connectivity index (χ4n) is 4.98. The molecule has 1 aliphatic rings. The molecule has 4 aromatic rings. The fraction of sp³-hybridized carbons (Fsp3) is 0.188. The number of rotatable bonds is 5. The molecule has 3 nitrogen and oxygen atoms in total. The van der Waals surface area contributed by atoms with Crippen LogP contribution in [0.1, 0.15) is 54.2 Å². The Kier molecular flexibility index (Phi) is 6.67. The molecule has 5 heteroatoms. The topological polar surface area (TPSA) is 46.2 Å². The minimum Gasteiger partial charge on any atom is -0.207 e. The molecule has 1 unspecified atom stereocenters. The summed E-state index contributed by atoms with van der Waals surface area (Å²) in [6, 6.07) is 33.7. The molecule has 4 aromatic carbocycles.